The lowest BCUT2D eigenvalue weighted by Gasteiger charge is -2.29. The maximum Gasteiger partial charge on any atom is 0.288 e. The van der Waals surface area contributed by atoms with E-state index in [1.165, 1.54) is 12.1 Å². The summed E-state index contributed by atoms with van der Waals surface area (Å²) in [6.45, 7) is 5.27. The first kappa shape index (κ1) is 19.2. The number of hydrogen-bond acceptors (Lipinski definition) is 6. The van der Waals surface area contributed by atoms with Crippen LogP contribution in [0.3, 0.4) is 0 Å². The van der Waals surface area contributed by atoms with E-state index in [0.717, 1.165) is 6.54 Å². The van der Waals surface area contributed by atoms with Gasteiger partial charge >= 0.3 is 0 Å². The summed E-state index contributed by atoms with van der Waals surface area (Å²) in [6, 6.07) is 5.78. The van der Waals surface area contributed by atoms with Gasteiger partial charge in [0.05, 0.1) is 18.2 Å². The second kappa shape index (κ2) is 7.58. The van der Waals surface area contributed by atoms with E-state index in [-0.39, 0.29) is 28.2 Å². The Morgan fingerprint density at radius 2 is 2.08 bits per heavy atom. The fourth-order valence-corrected chi connectivity index (χ4v) is 5.07. The van der Waals surface area contributed by atoms with Crippen molar-refractivity contribution in [3.05, 3.63) is 34.9 Å². The molecule has 2 heterocycles. The number of nitrogens with zero attached hydrogens (tertiary/aromatic N) is 3. The van der Waals surface area contributed by atoms with Crippen LogP contribution in [0.4, 0.5) is 4.39 Å². The molecule has 0 N–H and O–H groups in total. The molecule has 1 aromatic heterocycles. The van der Waals surface area contributed by atoms with Gasteiger partial charge in [-0.3, -0.25) is 4.90 Å². The number of rotatable bonds is 6. The van der Waals surface area contributed by atoms with Crippen molar-refractivity contribution in [1.29, 1.82) is 0 Å². The highest BCUT2D eigenvalue weighted by molar-refractivity contribution is 7.91. The summed E-state index contributed by atoms with van der Waals surface area (Å²) in [5.74, 6) is 0.735. The van der Waals surface area contributed by atoms with E-state index in [2.05, 4.69) is 23.8 Å². The quantitative estimate of drug-likeness (QED) is 0.695. The lowest BCUT2D eigenvalue weighted by atomic mass is 10.1. The Morgan fingerprint density at radius 1 is 1.38 bits per heavy atom. The maximum atomic E-state index is 13.1. The molecule has 0 spiro atoms. The minimum Gasteiger partial charge on any atom is -0.409 e. The van der Waals surface area contributed by atoms with Crippen LogP contribution >= 0.6 is 12.2 Å². The summed E-state index contributed by atoms with van der Waals surface area (Å²) in [6.07, 6.45) is 0.616. The number of halogens is 1. The lowest BCUT2D eigenvalue weighted by Crippen LogP contribution is -2.40. The van der Waals surface area contributed by atoms with E-state index in [4.69, 9.17) is 16.6 Å². The van der Waals surface area contributed by atoms with Crippen LogP contribution in [0, 0.1) is 16.6 Å². The third kappa shape index (κ3) is 4.57. The van der Waals surface area contributed by atoms with E-state index in [1.807, 2.05) is 0 Å². The highest BCUT2D eigenvalue weighted by Gasteiger charge is 2.33. The van der Waals surface area contributed by atoms with Crippen LogP contribution in [0.15, 0.2) is 28.7 Å². The van der Waals surface area contributed by atoms with Crippen molar-refractivity contribution in [3.63, 3.8) is 0 Å². The van der Waals surface area contributed by atoms with Crippen LogP contribution in [0.25, 0.3) is 11.5 Å². The first-order valence-corrected chi connectivity index (χ1v) is 10.7. The van der Waals surface area contributed by atoms with Gasteiger partial charge in [-0.25, -0.2) is 17.5 Å². The summed E-state index contributed by atoms with van der Waals surface area (Å²) in [4.78, 5) is 2.31. The van der Waals surface area contributed by atoms with Crippen LogP contribution in [0.5, 0.6) is 0 Å². The third-order valence-corrected chi connectivity index (χ3v) is 6.38. The molecule has 3 rings (SSSR count). The van der Waals surface area contributed by atoms with Gasteiger partial charge in [-0.15, -0.1) is 5.10 Å². The second-order valence-electron chi connectivity index (χ2n) is 7.04. The average molecular weight is 400 g/mol. The standard InChI is InChI=1S/C17H22FN3O3S2/c1-12(2)9-20(15-7-8-26(22,23)10-15)11-21-17(25)24-16(19-21)13-3-5-14(18)6-4-13/h3-6,12,15H,7-11H2,1-2H3. The average Bonchev–Trinajstić information content (AvgIpc) is 3.10. The Kier molecular flexibility index (Phi) is 5.59. The molecule has 0 bridgehead atoms. The van der Waals surface area contributed by atoms with Crippen LogP contribution in [-0.2, 0) is 16.5 Å². The van der Waals surface area contributed by atoms with Gasteiger partial charge in [-0.05, 0) is 48.8 Å². The molecular weight excluding hydrogens is 377 g/mol. The minimum atomic E-state index is -2.98. The molecule has 2 aromatic rings. The predicted octanol–water partition coefficient (Wildman–Crippen LogP) is 3.11. The van der Waals surface area contributed by atoms with Crippen LogP contribution in [0.1, 0.15) is 20.3 Å². The molecule has 1 aliphatic rings. The van der Waals surface area contributed by atoms with Crippen molar-refractivity contribution in [2.45, 2.75) is 33.0 Å². The molecule has 142 valence electrons. The van der Waals surface area contributed by atoms with Gasteiger partial charge in [0.25, 0.3) is 4.84 Å². The number of sulfone groups is 1. The zero-order valence-corrected chi connectivity index (χ0v) is 16.4. The molecule has 1 saturated heterocycles. The zero-order chi connectivity index (χ0) is 18.9. The van der Waals surface area contributed by atoms with Crippen molar-refractivity contribution in [1.82, 2.24) is 14.7 Å². The first-order valence-electron chi connectivity index (χ1n) is 8.52. The molecule has 9 heteroatoms. The van der Waals surface area contributed by atoms with Gasteiger partial charge in [-0.1, -0.05) is 13.8 Å². The highest BCUT2D eigenvalue weighted by Crippen LogP contribution is 2.22. The van der Waals surface area contributed by atoms with E-state index in [0.29, 0.717) is 30.5 Å². The summed E-state index contributed by atoms with van der Waals surface area (Å²) < 4.78 is 43.9. The topological polar surface area (TPSA) is 68.3 Å². The largest absolute Gasteiger partial charge is 0.409 e. The van der Waals surface area contributed by atoms with E-state index in [1.54, 1.807) is 16.8 Å². The predicted molar refractivity (Wildman–Crippen MR) is 99.3 cm³/mol. The van der Waals surface area contributed by atoms with Gasteiger partial charge < -0.3 is 4.42 Å². The van der Waals surface area contributed by atoms with Gasteiger partial charge in [0, 0.05) is 18.2 Å². The Morgan fingerprint density at radius 3 is 2.65 bits per heavy atom. The van der Waals surface area contributed by atoms with Crippen molar-refractivity contribution < 1.29 is 17.2 Å². The van der Waals surface area contributed by atoms with Crippen LogP contribution in [-0.4, -0.2) is 47.2 Å². The van der Waals surface area contributed by atoms with Gasteiger partial charge in [0.2, 0.25) is 5.89 Å². The Bertz CT molecular complexity index is 919. The van der Waals surface area contributed by atoms with Crippen LogP contribution < -0.4 is 0 Å². The van der Waals surface area contributed by atoms with E-state index >= 15 is 0 Å². The lowest BCUT2D eigenvalue weighted by molar-refractivity contribution is 0.136. The fourth-order valence-electron chi connectivity index (χ4n) is 3.13. The van der Waals surface area contributed by atoms with Gasteiger partial charge in [0.15, 0.2) is 9.84 Å². The summed E-state index contributed by atoms with van der Waals surface area (Å²) in [7, 11) is -2.98. The van der Waals surface area contributed by atoms with Gasteiger partial charge in [-0.2, -0.15) is 0 Å². The molecule has 1 unspecified atom stereocenters. The van der Waals surface area contributed by atoms with Gasteiger partial charge in [0.1, 0.15) is 5.82 Å². The molecule has 6 nitrogen and oxygen atoms in total. The third-order valence-electron chi connectivity index (χ3n) is 4.34. The van der Waals surface area contributed by atoms with Crippen molar-refractivity contribution in [2.75, 3.05) is 18.1 Å². The van der Waals surface area contributed by atoms with E-state index < -0.39 is 9.84 Å². The first-order chi connectivity index (χ1) is 12.2. The molecule has 0 radical (unpaired) electrons. The summed E-state index contributed by atoms with van der Waals surface area (Å²) >= 11 is 5.27. The molecule has 1 atom stereocenters. The highest BCUT2D eigenvalue weighted by atomic mass is 32.2. The minimum absolute atomic E-state index is 0.0460. The summed E-state index contributed by atoms with van der Waals surface area (Å²) in [5, 5.41) is 4.40. The Hall–Kier alpha value is -1.58. The summed E-state index contributed by atoms with van der Waals surface area (Å²) in [5.41, 5.74) is 0.634. The number of benzene rings is 1. The van der Waals surface area contributed by atoms with Crippen molar-refractivity contribution in [2.24, 2.45) is 5.92 Å². The number of aromatic nitrogens is 2. The molecule has 26 heavy (non-hydrogen) atoms. The molecule has 0 saturated carbocycles. The normalized spacial score (nSPS) is 19.5. The monoisotopic (exact) mass is 399 g/mol. The molecule has 1 aliphatic heterocycles. The number of hydrogen-bond donors (Lipinski definition) is 0. The molecule has 1 aromatic carbocycles. The fraction of sp³-hybridized carbons (Fsp3) is 0.529. The maximum absolute atomic E-state index is 13.1. The smallest absolute Gasteiger partial charge is 0.288 e. The molecule has 0 aliphatic carbocycles. The second-order valence-corrected chi connectivity index (χ2v) is 9.62. The Labute approximate surface area is 157 Å². The zero-order valence-electron chi connectivity index (χ0n) is 14.8. The van der Waals surface area contributed by atoms with Crippen molar-refractivity contribution in [3.8, 4) is 11.5 Å². The van der Waals surface area contributed by atoms with Crippen molar-refractivity contribution >= 4 is 22.1 Å². The molecular formula is C17H22FN3O3S2. The van der Waals surface area contributed by atoms with E-state index in [9.17, 15) is 12.8 Å². The molecule has 1 fully saturated rings. The SMILES string of the molecule is CC(C)CN(Cn1nc(-c2ccc(F)cc2)oc1=S)C1CCS(=O)(=O)C1. The molecule has 0 amide bonds. The Balaban J connectivity index is 1.82. The van der Waals surface area contributed by atoms with Crippen LogP contribution in [0.2, 0.25) is 0 Å².